The third-order valence-electron chi connectivity index (χ3n) is 8.19. The largest absolute Gasteiger partial charge is 0.492 e. The van der Waals surface area contributed by atoms with E-state index in [0.29, 0.717) is 49.1 Å². The molecule has 6 rings (SSSR count). The number of carbonyl (C=O) groups is 1. The lowest BCUT2D eigenvalue weighted by atomic mass is 10.1. The number of anilines is 4. The molecule has 0 saturated carbocycles. The Morgan fingerprint density at radius 2 is 1.58 bits per heavy atom. The lowest BCUT2D eigenvalue weighted by Gasteiger charge is -2.38. The Morgan fingerprint density at radius 3 is 2.23 bits per heavy atom. The number of nitrogens with one attached hydrogen (secondary N) is 2. The molecule has 2 N–H and O–H groups in total. The van der Waals surface area contributed by atoms with Gasteiger partial charge in [0.2, 0.25) is 0 Å². The molecule has 3 saturated heterocycles. The van der Waals surface area contributed by atoms with Crippen LogP contribution >= 0.6 is 0 Å². The topological polar surface area (TPSA) is 104 Å². The number of hydrogen-bond acceptors (Lipinski definition) is 9. The van der Waals surface area contributed by atoms with Gasteiger partial charge in [-0.3, -0.25) is 0 Å². The maximum Gasteiger partial charge on any atom is 0.323 e. The molecule has 0 radical (unpaired) electrons. The van der Waals surface area contributed by atoms with E-state index in [1.807, 2.05) is 62.6 Å². The quantitative estimate of drug-likeness (QED) is 0.379. The molecule has 0 spiro atoms. The summed E-state index contributed by atoms with van der Waals surface area (Å²) in [6.45, 7) is 7.21. The zero-order valence-corrected chi connectivity index (χ0v) is 25.2. The van der Waals surface area contributed by atoms with Crippen LogP contribution in [-0.2, 0) is 9.47 Å². The van der Waals surface area contributed by atoms with Gasteiger partial charge in [-0.25, -0.2) is 14.8 Å². The fourth-order valence-electron chi connectivity index (χ4n) is 5.88. The summed E-state index contributed by atoms with van der Waals surface area (Å²) in [7, 11) is 4.01. The van der Waals surface area contributed by atoms with Crippen LogP contribution in [-0.4, -0.2) is 99.2 Å². The normalized spacial score (nSPS) is 21.6. The SMILES string of the molecule is C[C@@H]1COCCN1c1cc(N2C3CCC2COC3)nc(-c2ccc(NC(=O)Nc3ccc(OCCN(C)C)cc3)cc2)n1. The van der Waals surface area contributed by atoms with Crippen LogP contribution in [0.15, 0.2) is 54.6 Å². The van der Waals surface area contributed by atoms with Crippen molar-refractivity contribution in [2.24, 2.45) is 0 Å². The van der Waals surface area contributed by atoms with Crippen molar-refractivity contribution in [3.63, 3.8) is 0 Å². The molecule has 2 amide bonds. The van der Waals surface area contributed by atoms with Gasteiger partial charge >= 0.3 is 6.03 Å². The molecule has 11 nitrogen and oxygen atoms in total. The highest BCUT2D eigenvalue weighted by molar-refractivity contribution is 5.99. The van der Waals surface area contributed by atoms with E-state index >= 15 is 0 Å². The van der Waals surface area contributed by atoms with Crippen molar-refractivity contribution in [1.29, 1.82) is 0 Å². The predicted octanol–water partition coefficient (Wildman–Crippen LogP) is 4.32. The summed E-state index contributed by atoms with van der Waals surface area (Å²) in [6.07, 6.45) is 2.23. The lowest BCUT2D eigenvalue weighted by Crippen LogP contribution is -2.47. The van der Waals surface area contributed by atoms with Crippen molar-refractivity contribution in [2.45, 2.75) is 37.9 Å². The fraction of sp³-hybridized carbons (Fsp3) is 0.469. The summed E-state index contributed by atoms with van der Waals surface area (Å²) in [6, 6.07) is 17.7. The van der Waals surface area contributed by atoms with Gasteiger partial charge in [-0.1, -0.05) is 0 Å². The van der Waals surface area contributed by atoms with Crippen LogP contribution in [0.4, 0.5) is 27.8 Å². The van der Waals surface area contributed by atoms with Gasteiger partial charge < -0.3 is 39.5 Å². The van der Waals surface area contributed by atoms with E-state index in [1.54, 1.807) is 0 Å². The van der Waals surface area contributed by atoms with Crippen LogP contribution in [0.2, 0.25) is 0 Å². The van der Waals surface area contributed by atoms with E-state index in [4.69, 9.17) is 24.2 Å². The molecule has 2 unspecified atom stereocenters. The molecule has 43 heavy (non-hydrogen) atoms. The van der Waals surface area contributed by atoms with Gasteiger partial charge in [0, 0.05) is 36.1 Å². The van der Waals surface area contributed by atoms with Crippen molar-refractivity contribution in [2.75, 3.05) is 80.7 Å². The molecular formula is C32H41N7O4. The Bertz CT molecular complexity index is 1370. The molecule has 2 bridgehead atoms. The molecule has 4 heterocycles. The number of benzene rings is 2. The maximum absolute atomic E-state index is 12.7. The highest BCUT2D eigenvalue weighted by Crippen LogP contribution is 2.36. The van der Waals surface area contributed by atoms with Crippen LogP contribution < -0.4 is 25.2 Å². The summed E-state index contributed by atoms with van der Waals surface area (Å²) < 4.78 is 17.3. The first-order valence-corrected chi connectivity index (χ1v) is 15.1. The Labute approximate surface area is 253 Å². The van der Waals surface area contributed by atoms with Crippen LogP contribution in [0, 0.1) is 0 Å². The molecule has 228 valence electrons. The number of fused-ring (bicyclic) bond motifs is 2. The van der Waals surface area contributed by atoms with E-state index in [2.05, 4.69) is 38.3 Å². The number of urea groups is 1. The second-order valence-electron chi connectivity index (χ2n) is 11.7. The van der Waals surface area contributed by atoms with Gasteiger partial charge in [-0.15, -0.1) is 0 Å². The molecule has 11 heteroatoms. The lowest BCUT2D eigenvalue weighted by molar-refractivity contribution is 0.0901. The number of carbonyl (C=O) groups excluding carboxylic acids is 1. The van der Waals surface area contributed by atoms with Gasteiger partial charge in [0.25, 0.3) is 0 Å². The Balaban J connectivity index is 1.15. The minimum Gasteiger partial charge on any atom is -0.492 e. The summed E-state index contributed by atoms with van der Waals surface area (Å²) in [5.74, 6) is 3.30. The number of ether oxygens (including phenoxy) is 3. The molecule has 3 aromatic rings. The molecule has 3 aliphatic heterocycles. The molecular weight excluding hydrogens is 546 g/mol. The van der Waals surface area contributed by atoms with E-state index < -0.39 is 0 Å². The molecule has 0 aliphatic carbocycles. The van der Waals surface area contributed by atoms with Crippen LogP contribution in [0.3, 0.4) is 0 Å². The molecule has 3 aliphatic rings. The summed E-state index contributed by atoms with van der Waals surface area (Å²) in [4.78, 5) is 29.6. The molecule has 2 aromatic carbocycles. The monoisotopic (exact) mass is 587 g/mol. The average Bonchev–Trinajstić information content (AvgIpc) is 3.26. The van der Waals surface area contributed by atoms with Crippen molar-refractivity contribution in [3.05, 3.63) is 54.6 Å². The first-order chi connectivity index (χ1) is 20.9. The number of amides is 2. The second kappa shape index (κ2) is 13.2. The third kappa shape index (κ3) is 7.01. The fourth-order valence-corrected chi connectivity index (χ4v) is 5.88. The van der Waals surface area contributed by atoms with Crippen molar-refractivity contribution >= 4 is 29.0 Å². The van der Waals surface area contributed by atoms with Gasteiger partial charge in [0.05, 0.1) is 44.6 Å². The number of nitrogens with zero attached hydrogens (tertiary/aromatic N) is 5. The Hall–Kier alpha value is -3.93. The standard InChI is InChI=1S/C32H41N7O4/c1-22-19-41-16-15-38(22)29-18-30(39-26-10-11-27(39)21-42-20-26)36-31(35-29)23-4-6-24(7-5-23)33-32(40)34-25-8-12-28(13-9-25)43-17-14-37(2)3/h4-9,12-13,18,22,26-27H,10-11,14-17,19-21H2,1-3H3,(H2,33,34,40)/t22-,26?,27?/m1/s1. The van der Waals surface area contributed by atoms with Crippen LogP contribution in [0.5, 0.6) is 5.75 Å². The predicted molar refractivity (Wildman–Crippen MR) is 168 cm³/mol. The number of morpholine rings is 2. The number of hydrogen-bond donors (Lipinski definition) is 2. The van der Waals surface area contributed by atoms with Gasteiger partial charge in [-0.2, -0.15) is 0 Å². The van der Waals surface area contributed by atoms with Crippen LogP contribution in [0.1, 0.15) is 19.8 Å². The summed E-state index contributed by atoms with van der Waals surface area (Å²) in [5.41, 5.74) is 2.25. The van der Waals surface area contributed by atoms with E-state index in [-0.39, 0.29) is 12.1 Å². The molecule has 3 fully saturated rings. The van der Waals surface area contributed by atoms with Crippen molar-refractivity contribution < 1.29 is 19.0 Å². The van der Waals surface area contributed by atoms with Gasteiger partial charge in [0.15, 0.2) is 5.82 Å². The van der Waals surface area contributed by atoms with Crippen molar-refractivity contribution in [3.8, 4) is 17.1 Å². The molecule has 1 aromatic heterocycles. The minimum absolute atomic E-state index is 0.225. The summed E-state index contributed by atoms with van der Waals surface area (Å²) >= 11 is 0. The van der Waals surface area contributed by atoms with Crippen molar-refractivity contribution in [1.82, 2.24) is 14.9 Å². The van der Waals surface area contributed by atoms with Gasteiger partial charge in [0.1, 0.15) is 24.0 Å². The first-order valence-electron chi connectivity index (χ1n) is 15.1. The molecule has 3 atom stereocenters. The Kier molecular flexibility index (Phi) is 8.92. The smallest absolute Gasteiger partial charge is 0.323 e. The number of aromatic nitrogens is 2. The maximum atomic E-state index is 12.7. The zero-order chi connectivity index (χ0) is 29.8. The second-order valence-corrected chi connectivity index (χ2v) is 11.7. The van der Waals surface area contributed by atoms with E-state index in [0.717, 1.165) is 62.1 Å². The minimum atomic E-state index is -0.321. The van der Waals surface area contributed by atoms with E-state index in [1.165, 1.54) is 0 Å². The number of rotatable bonds is 9. The Morgan fingerprint density at radius 1 is 0.930 bits per heavy atom. The highest BCUT2D eigenvalue weighted by atomic mass is 16.5. The first kappa shape index (κ1) is 29.2. The average molecular weight is 588 g/mol. The summed E-state index contributed by atoms with van der Waals surface area (Å²) in [5, 5.41) is 5.78. The van der Waals surface area contributed by atoms with Gasteiger partial charge in [-0.05, 0) is 82.4 Å². The third-order valence-corrected chi connectivity index (χ3v) is 8.19. The number of likely N-dealkylation sites (N-methyl/N-ethyl adjacent to an activating group) is 1. The van der Waals surface area contributed by atoms with Crippen LogP contribution in [0.25, 0.3) is 11.4 Å². The zero-order valence-electron chi connectivity index (χ0n) is 25.2. The highest BCUT2D eigenvalue weighted by Gasteiger charge is 2.39. The van der Waals surface area contributed by atoms with E-state index in [9.17, 15) is 4.79 Å².